The summed E-state index contributed by atoms with van der Waals surface area (Å²) in [6.45, 7) is 2.07. The average molecular weight is 459 g/mol. The molecule has 32 heavy (non-hydrogen) atoms. The Kier molecular flexibility index (Phi) is 6.21. The van der Waals surface area contributed by atoms with Crippen molar-refractivity contribution in [3.63, 3.8) is 0 Å². The number of aryl methyl sites for hydroxylation is 1. The Labute approximate surface area is 187 Å². The van der Waals surface area contributed by atoms with Gasteiger partial charge in [0.25, 0.3) is 5.91 Å². The Morgan fingerprint density at radius 2 is 1.91 bits per heavy atom. The van der Waals surface area contributed by atoms with Gasteiger partial charge in [-0.3, -0.25) is 4.79 Å². The van der Waals surface area contributed by atoms with Gasteiger partial charge in [0.05, 0.1) is 12.7 Å². The number of methoxy groups -OCH3 is 1. The summed E-state index contributed by atoms with van der Waals surface area (Å²) in [6, 6.07) is 11.6. The molecule has 0 unspecified atom stereocenters. The van der Waals surface area contributed by atoms with E-state index in [0.717, 1.165) is 36.9 Å². The van der Waals surface area contributed by atoms with E-state index in [1.165, 1.54) is 32.2 Å². The molecule has 9 heteroatoms. The van der Waals surface area contributed by atoms with E-state index < -0.39 is 22.1 Å². The predicted octanol–water partition coefficient (Wildman–Crippen LogP) is 2.66. The first-order chi connectivity index (χ1) is 15.3. The van der Waals surface area contributed by atoms with Crippen molar-refractivity contribution in [3.8, 4) is 5.75 Å². The second-order valence-electron chi connectivity index (χ2n) is 8.03. The largest absolute Gasteiger partial charge is 0.495 e. The van der Waals surface area contributed by atoms with Gasteiger partial charge in [-0.25, -0.2) is 17.9 Å². The zero-order valence-electron chi connectivity index (χ0n) is 18.0. The molecule has 2 aromatic carbocycles. The van der Waals surface area contributed by atoms with Gasteiger partial charge in [-0.2, -0.15) is 0 Å². The van der Waals surface area contributed by atoms with Crippen LogP contribution in [0, 0.1) is 0 Å². The summed E-state index contributed by atoms with van der Waals surface area (Å²) in [6.07, 6.45) is 2.26. The van der Waals surface area contributed by atoms with E-state index in [-0.39, 0.29) is 28.2 Å². The van der Waals surface area contributed by atoms with Gasteiger partial charge in [-0.05, 0) is 62.4 Å². The van der Waals surface area contributed by atoms with Crippen molar-refractivity contribution in [3.05, 3.63) is 53.6 Å². The first-order valence-corrected chi connectivity index (χ1v) is 12.1. The Morgan fingerprint density at radius 1 is 1.16 bits per heavy atom. The van der Waals surface area contributed by atoms with E-state index >= 15 is 0 Å². The molecule has 1 atom stereocenters. The average Bonchev–Trinajstić information content (AvgIpc) is 3.61. The van der Waals surface area contributed by atoms with Crippen molar-refractivity contribution in [2.45, 2.75) is 49.6 Å². The van der Waals surface area contributed by atoms with Gasteiger partial charge in [-0.15, -0.1) is 0 Å². The molecule has 0 spiro atoms. The summed E-state index contributed by atoms with van der Waals surface area (Å²) < 4.78 is 38.5. The number of nitrogens with one attached hydrogen (secondary N) is 1. The molecule has 1 aliphatic heterocycles. The SMILES string of the molecule is COc1ccc(C(=O)O[C@@H](C)C(=O)N2CCCc3ccccc32)cc1S(=O)(=O)NC1CC1. The van der Waals surface area contributed by atoms with Crippen molar-refractivity contribution in [1.82, 2.24) is 4.72 Å². The fourth-order valence-corrected chi connectivity index (χ4v) is 5.26. The third-order valence-corrected chi connectivity index (χ3v) is 7.14. The number of sulfonamides is 1. The maximum atomic E-state index is 13.0. The van der Waals surface area contributed by atoms with Crippen molar-refractivity contribution < 1.29 is 27.5 Å². The van der Waals surface area contributed by atoms with Gasteiger partial charge in [0.15, 0.2) is 6.10 Å². The van der Waals surface area contributed by atoms with Crippen LogP contribution >= 0.6 is 0 Å². The summed E-state index contributed by atoms with van der Waals surface area (Å²) in [5, 5.41) is 0. The van der Waals surface area contributed by atoms with E-state index in [0.29, 0.717) is 6.54 Å². The minimum atomic E-state index is -3.85. The van der Waals surface area contributed by atoms with Gasteiger partial charge in [-0.1, -0.05) is 18.2 Å². The minimum Gasteiger partial charge on any atom is -0.495 e. The standard InChI is InChI=1S/C23H26N2O6S/c1-15(22(26)25-13-5-7-16-6-3-4-8-19(16)25)31-23(27)17-9-12-20(30-2)21(14-17)32(28,29)24-18-10-11-18/h3-4,6,8-9,12,14-15,18,24H,5,7,10-11,13H2,1-2H3/t15-/m0/s1. The maximum absolute atomic E-state index is 13.0. The van der Waals surface area contributed by atoms with Gasteiger partial charge in [0.1, 0.15) is 10.6 Å². The molecule has 1 saturated carbocycles. The summed E-state index contributed by atoms with van der Waals surface area (Å²) in [7, 11) is -2.49. The van der Waals surface area contributed by atoms with Crippen LogP contribution in [0.3, 0.4) is 0 Å². The molecule has 1 fully saturated rings. The highest BCUT2D eigenvalue weighted by molar-refractivity contribution is 7.89. The van der Waals surface area contributed by atoms with E-state index in [1.807, 2.05) is 24.3 Å². The molecule has 1 heterocycles. The number of hydrogen-bond acceptors (Lipinski definition) is 6. The molecule has 1 amide bonds. The molecule has 8 nitrogen and oxygen atoms in total. The van der Waals surface area contributed by atoms with Gasteiger partial charge >= 0.3 is 5.97 Å². The minimum absolute atomic E-state index is 0.0284. The highest BCUT2D eigenvalue weighted by Crippen LogP contribution is 2.30. The number of fused-ring (bicyclic) bond motifs is 1. The lowest BCUT2D eigenvalue weighted by atomic mass is 10.0. The van der Waals surface area contributed by atoms with Gasteiger partial charge in [0, 0.05) is 18.3 Å². The molecule has 2 aliphatic rings. The quantitative estimate of drug-likeness (QED) is 0.640. The van der Waals surface area contributed by atoms with E-state index in [2.05, 4.69) is 4.72 Å². The summed E-state index contributed by atoms with van der Waals surface area (Å²) >= 11 is 0. The molecule has 1 aliphatic carbocycles. The summed E-state index contributed by atoms with van der Waals surface area (Å²) in [5.41, 5.74) is 1.94. The van der Waals surface area contributed by atoms with Crippen LogP contribution in [0.5, 0.6) is 5.75 Å². The number of rotatable bonds is 7. The molecule has 0 saturated heterocycles. The zero-order chi connectivity index (χ0) is 22.9. The van der Waals surface area contributed by atoms with Crippen molar-refractivity contribution >= 4 is 27.6 Å². The highest BCUT2D eigenvalue weighted by atomic mass is 32.2. The van der Waals surface area contributed by atoms with E-state index in [1.54, 1.807) is 4.90 Å². The molecule has 4 rings (SSSR count). The van der Waals surface area contributed by atoms with Crippen LogP contribution in [0.1, 0.15) is 42.1 Å². The Balaban J connectivity index is 1.51. The third kappa shape index (κ3) is 4.63. The van der Waals surface area contributed by atoms with Crippen molar-refractivity contribution in [2.75, 3.05) is 18.6 Å². The predicted molar refractivity (Wildman–Crippen MR) is 118 cm³/mol. The van der Waals surface area contributed by atoms with Crippen molar-refractivity contribution in [1.29, 1.82) is 0 Å². The summed E-state index contributed by atoms with van der Waals surface area (Å²) in [5.74, 6) is -0.965. The van der Waals surface area contributed by atoms with Gasteiger partial charge < -0.3 is 14.4 Å². The lowest BCUT2D eigenvalue weighted by Crippen LogP contribution is -2.42. The molecular weight excluding hydrogens is 432 g/mol. The fourth-order valence-electron chi connectivity index (χ4n) is 3.76. The van der Waals surface area contributed by atoms with Gasteiger partial charge in [0.2, 0.25) is 10.0 Å². The second kappa shape index (κ2) is 8.91. The van der Waals surface area contributed by atoms with Crippen LogP contribution in [0.25, 0.3) is 0 Å². The third-order valence-electron chi connectivity index (χ3n) is 5.60. The smallest absolute Gasteiger partial charge is 0.338 e. The number of esters is 1. The second-order valence-corrected chi connectivity index (χ2v) is 9.71. The number of hydrogen-bond donors (Lipinski definition) is 1. The molecule has 170 valence electrons. The van der Waals surface area contributed by atoms with Crippen LogP contribution in [-0.2, 0) is 26.0 Å². The molecule has 0 radical (unpaired) electrons. The summed E-state index contributed by atoms with van der Waals surface area (Å²) in [4.78, 5) is 27.3. The molecule has 2 aromatic rings. The Hall–Kier alpha value is -2.91. The normalized spacial score (nSPS) is 16.8. The molecule has 0 bridgehead atoms. The number of carbonyl (C=O) groups excluding carboxylic acids is 2. The monoisotopic (exact) mass is 458 g/mol. The fraction of sp³-hybridized carbons (Fsp3) is 0.391. The number of anilines is 1. The number of para-hydroxylation sites is 1. The topological polar surface area (TPSA) is 102 Å². The Morgan fingerprint density at radius 3 is 2.62 bits per heavy atom. The van der Waals surface area contributed by atoms with Crippen LogP contribution < -0.4 is 14.4 Å². The molecule has 1 N–H and O–H groups in total. The number of amides is 1. The van der Waals surface area contributed by atoms with Crippen LogP contribution in [0.4, 0.5) is 5.69 Å². The van der Waals surface area contributed by atoms with Crippen molar-refractivity contribution in [2.24, 2.45) is 0 Å². The lowest BCUT2D eigenvalue weighted by Gasteiger charge is -2.31. The van der Waals surface area contributed by atoms with Crippen LogP contribution in [0.2, 0.25) is 0 Å². The van der Waals surface area contributed by atoms with Crippen LogP contribution in [-0.4, -0.2) is 46.1 Å². The first kappa shape index (κ1) is 22.3. The van der Waals surface area contributed by atoms with E-state index in [9.17, 15) is 18.0 Å². The number of ether oxygens (including phenoxy) is 2. The number of benzene rings is 2. The molecule has 0 aromatic heterocycles. The van der Waals surface area contributed by atoms with E-state index in [4.69, 9.17) is 9.47 Å². The van der Waals surface area contributed by atoms with Crippen LogP contribution in [0.15, 0.2) is 47.4 Å². The first-order valence-electron chi connectivity index (χ1n) is 10.6. The highest BCUT2D eigenvalue weighted by Gasteiger charge is 2.32. The lowest BCUT2D eigenvalue weighted by molar-refractivity contribution is -0.126. The zero-order valence-corrected chi connectivity index (χ0v) is 18.9. The number of carbonyl (C=O) groups is 2. The number of nitrogens with zero attached hydrogens (tertiary/aromatic N) is 1. The maximum Gasteiger partial charge on any atom is 0.338 e. The molecular formula is C23H26N2O6S. The Bertz CT molecular complexity index is 1140.